The molecule has 0 aliphatic carbocycles. The lowest BCUT2D eigenvalue weighted by Gasteiger charge is -2.18. The van der Waals surface area contributed by atoms with Gasteiger partial charge in [-0.1, -0.05) is 33.4 Å². The SMILES string of the molecule is C=CCOCOC(=O)C(=C)CC(C)(C)C. The van der Waals surface area contributed by atoms with Crippen LogP contribution in [0.5, 0.6) is 0 Å². The monoisotopic (exact) mass is 212 g/mol. The van der Waals surface area contributed by atoms with Gasteiger partial charge in [0.25, 0.3) is 0 Å². The molecule has 0 aromatic carbocycles. The van der Waals surface area contributed by atoms with Crippen LogP contribution in [-0.2, 0) is 14.3 Å². The van der Waals surface area contributed by atoms with Gasteiger partial charge >= 0.3 is 5.97 Å². The highest BCUT2D eigenvalue weighted by Crippen LogP contribution is 2.23. The number of carbonyl (C=O) groups excluding carboxylic acids is 1. The topological polar surface area (TPSA) is 35.5 Å². The summed E-state index contributed by atoms with van der Waals surface area (Å²) in [6.45, 7) is 13.6. The molecule has 3 nitrogen and oxygen atoms in total. The maximum atomic E-state index is 11.4. The van der Waals surface area contributed by atoms with E-state index < -0.39 is 5.97 Å². The molecule has 0 amide bonds. The molecular formula is C12H20O3. The van der Waals surface area contributed by atoms with Gasteiger partial charge in [0.15, 0.2) is 6.79 Å². The van der Waals surface area contributed by atoms with Crippen LogP contribution in [0, 0.1) is 5.41 Å². The van der Waals surface area contributed by atoms with Crippen LogP contribution >= 0.6 is 0 Å². The second-order valence-corrected chi connectivity index (χ2v) is 4.55. The Hall–Kier alpha value is -1.09. The molecule has 15 heavy (non-hydrogen) atoms. The van der Waals surface area contributed by atoms with Gasteiger partial charge in [-0.3, -0.25) is 0 Å². The van der Waals surface area contributed by atoms with E-state index in [1.54, 1.807) is 6.08 Å². The lowest BCUT2D eigenvalue weighted by molar-refractivity contribution is -0.150. The number of hydrogen-bond acceptors (Lipinski definition) is 3. The van der Waals surface area contributed by atoms with Gasteiger partial charge in [-0.15, -0.1) is 6.58 Å². The summed E-state index contributed by atoms with van der Waals surface area (Å²) in [7, 11) is 0. The Morgan fingerprint density at radius 2 is 2.00 bits per heavy atom. The summed E-state index contributed by atoms with van der Waals surface area (Å²) in [6.07, 6.45) is 2.21. The minimum atomic E-state index is -0.394. The van der Waals surface area contributed by atoms with Gasteiger partial charge in [0.1, 0.15) is 0 Å². The van der Waals surface area contributed by atoms with E-state index in [0.717, 1.165) is 0 Å². The molecule has 0 aromatic heterocycles. The first-order valence-corrected chi connectivity index (χ1v) is 4.90. The molecule has 0 rings (SSSR count). The van der Waals surface area contributed by atoms with Gasteiger partial charge < -0.3 is 9.47 Å². The third-order valence-corrected chi connectivity index (χ3v) is 1.54. The van der Waals surface area contributed by atoms with Crippen molar-refractivity contribution in [1.82, 2.24) is 0 Å². The van der Waals surface area contributed by atoms with Crippen LogP contribution in [0.2, 0.25) is 0 Å². The summed E-state index contributed by atoms with van der Waals surface area (Å²) < 4.78 is 9.77. The number of ether oxygens (including phenoxy) is 2. The third-order valence-electron chi connectivity index (χ3n) is 1.54. The molecule has 0 aliphatic rings. The van der Waals surface area contributed by atoms with Gasteiger partial charge in [0.2, 0.25) is 0 Å². The van der Waals surface area contributed by atoms with E-state index >= 15 is 0 Å². The second kappa shape index (κ2) is 6.40. The Morgan fingerprint density at radius 3 is 2.47 bits per heavy atom. The van der Waals surface area contributed by atoms with Crippen molar-refractivity contribution in [3.8, 4) is 0 Å². The van der Waals surface area contributed by atoms with Crippen molar-refractivity contribution in [3.05, 3.63) is 24.8 Å². The summed E-state index contributed by atoms with van der Waals surface area (Å²) in [5, 5.41) is 0. The molecule has 0 saturated heterocycles. The van der Waals surface area contributed by atoms with E-state index in [1.807, 2.05) is 20.8 Å². The van der Waals surface area contributed by atoms with Crippen molar-refractivity contribution >= 4 is 5.97 Å². The van der Waals surface area contributed by atoms with Gasteiger partial charge in [-0.05, 0) is 11.8 Å². The molecule has 0 radical (unpaired) electrons. The highest BCUT2D eigenvalue weighted by molar-refractivity contribution is 5.87. The molecule has 3 heteroatoms. The first kappa shape index (κ1) is 13.9. The Balaban J connectivity index is 3.80. The van der Waals surface area contributed by atoms with Crippen molar-refractivity contribution in [2.24, 2.45) is 5.41 Å². The fraction of sp³-hybridized carbons (Fsp3) is 0.583. The molecule has 0 saturated carbocycles. The van der Waals surface area contributed by atoms with Crippen molar-refractivity contribution in [3.63, 3.8) is 0 Å². The lowest BCUT2D eigenvalue weighted by atomic mass is 9.88. The maximum absolute atomic E-state index is 11.4. The molecule has 0 heterocycles. The van der Waals surface area contributed by atoms with E-state index in [0.29, 0.717) is 18.6 Å². The first-order chi connectivity index (χ1) is 6.87. The zero-order chi connectivity index (χ0) is 11.9. The fourth-order valence-corrected chi connectivity index (χ4v) is 1.04. The number of rotatable bonds is 6. The molecule has 0 atom stereocenters. The van der Waals surface area contributed by atoms with Crippen molar-refractivity contribution in [2.45, 2.75) is 27.2 Å². The minimum Gasteiger partial charge on any atom is -0.435 e. The van der Waals surface area contributed by atoms with Crippen LogP contribution in [0.15, 0.2) is 24.8 Å². The number of hydrogen-bond donors (Lipinski definition) is 0. The van der Waals surface area contributed by atoms with E-state index in [2.05, 4.69) is 13.2 Å². The quantitative estimate of drug-likeness (QED) is 0.223. The normalized spacial score (nSPS) is 10.9. The first-order valence-electron chi connectivity index (χ1n) is 4.90. The standard InChI is InChI=1S/C12H20O3/c1-6-7-14-9-15-11(13)10(2)8-12(3,4)5/h6H,1-2,7-9H2,3-5H3. The molecule has 86 valence electrons. The summed E-state index contributed by atoms with van der Waals surface area (Å²) in [4.78, 5) is 11.4. The largest absolute Gasteiger partial charge is 0.435 e. The van der Waals surface area contributed by atoms with Crippen LogP contribution in [0.1, 0.15) is 27.2 Å². The van der Waals surface area contributed by atoms with Gasteiger partial charge in [0.05, 0.1) is 6.61 Å². The van der Waals surface area contributed by atoms with Gasteiger partial charge in [-0.2, -0.15) is 0 Å². The smallest absolute Gasteiger partial charge is 0.335 e. The van der Waals surface area contributed by atoms with Gasteiger partial charge in [0, 0.05) is 5.57 Å². The third kappa shape index (κ3) is 7.94. The average molecular weight is 212 g/mol. The van der Waals surface area contributed by atoms with Crippen LogP contribution in [0.25, 0.3) is 0 Å². The minimum absolute atomic E-state index is 0.0398. The summed E-state index contributed by atoms with van der Waals surface area (Å²) in [5.41, 5.74) is 0.516. The Morgan fingerprint density at radius 1 is 1.40 bits per heavy atom. The summed E-state index contributed by atoms with van der Waals surface area (Å²) >= 11 is 0. The van der Waals surface area contributed by atoms with E-state index in [9.17, 15) is 4.79 Å². The predicted molar refractivity (Wildman–Crippen MR) is 60.3 cm³/mol. The van der Waals surface area contributed by atoms with Crippen molar-refractivity contribution in [1.29, 1.82) is 0 Å². The predicted octanol–water partition coefficient (Wildman–Crippen LogP) is 2.68. The van der Waals surface area contributed by atoms with E-state index in [4.69, 9.17) is 9.47 Å². The Kier molecular flexibility index (Phi) is 5.94. The molecular weight excluding hydrogens is 192 g/mol. The molecule has 0 bridgehead atoms. The van der Waals surface area contributed by atoms with Crippen LogP contribution in [-0.4, -0.2) is 19.4 Å². The highest BCUT2D eigenvalue weighted by atomic mass is 16.7. The fourth-order valence-electron chi connectivity index (χ4n) is 1.04. The van der Waals surface area contributed by atoms with Crippen LogP contribution in [0.4, 0.5) is 0 Å². The molecule has 0 aliphatic heterocycles. The van der Waals surface area contributed by atoms with Crippen LogP contribution in [0.3, 0.4) is 0 Å². The van der Waals surface area contributed by atoms with E-state index in [1.165, 1.54) is 0 Å². The molecule has 0 fully saturated rings. The highest BCUT2D eigenvalue weighted by Gasteiger charge is 2.17. The zero-order valence-corrected chi connectivity index (χ0v) is 9.84. The van der Waals surface area contributed by atoms with Gasteiger partial charge in [-0.25, -0.2) is 4.79 Å². The lowest BCUT2D eigenvalue weighted by Crippen LogP contribution is -2.15. The maximum Gasteiger partial charge on any atom is 0.335 e. The number of esters is 1. The number of carbonyl (C=O) groups is 1. The molecule has 0 aromatic rings. The second-order valence-electron chi connectivity index (χ2n) is 4.55. The van der Waals surface area contributed by atoms with E-state index in [-0.39, 0.29) is 12.2 Å². The summed E-state index contributed by atoms with van der Waals surface area (Å²) in [6, 6.07) is 0. The molecule has 0 spiro atoms. The van der Waals surface area contributed by atoms with Crippen molar-refractivity contribution in [2.75, 3.05) is 13.4 Å². The average Bonchev–Trinajstić information content (AvgIpc) is 2.09. The Bertz CT molecular complexity index is 236. The summed E-state index contributed by atoms with van der Waals surface area (Å²) in [5.74, 6) is -0.394. The zero-order valence-electron chi connectivity index (χ0n) is 9.84. The van der Waals surface area contributed by atoms with Crippen molar-refractivity contribution < 1.29 is 14.3 Å². The van der Waals surface area contributed by atoms with Crippen LogP contribution < -0.4 is 0 Å². The Labute approximate surface area is 91.8 Å². The molecule has 0 unspecified atom stereocenters. The molecule has 0 N–H and O–H groups in total.